The van der Waals surface area contributed by atoms with Gasteiger partial charge in [0.15, 0.2) is 0 Å². The molecule has 1 atom stereocenters. The minimum atomic E-state index is -0.144. The Morgan fingerprint density at radius 2 is 1.95 bits per heavy atom. The molecule has 0 bridgehead atoms. The Bertz CT molecular complexity index is 617. The van der Waals surface area contributed by atoms with Crippen molar-refractivity contribution in [3.05, 3.63) is 63.9 Å². The van der Waals surface area contributed by atoms with Gasteiger partial charge in [-0.2, -0.15) is 0 Å². The van der Waals surface area contributed by atoms with Crippen LogP contribution in [0.15, 0.2) is 36.4 Å². The number of nitrogens with one attached hydrogen (secondary N) is 1. The highest BCUT2D eigenvalue weighted by Crippen LogP contribution is 2.16. The Morgan fingerprint density at radius 3 is 2.52 bits per heavy atom. The number of amides is 1. The lowest BCUT2D eigenvalue weighted by molar-refractivity contribution is 0.0939. The van der Waals surface area contributed by atoms with Gasteiger partial charge in [-0.25, -0.2) is 4.98 Å². The van der Waals surface area contributed by atoms with Crippen LogP contribution >= 0.6 is 11.6 Å². The number of carbonyl (C=O) groups excluding carboxylic acids is 1. The maximum absolute atomic E-state index is 12.3. The summed E-state index contributed by atoms with van der Waals surface area (Å²) in [6.45, 7) is 5.90. The predicted molar refractivity (Wildman–Crippen MR) is 85.7 cm³/mol. The zero-order valence-corrected chi connectivity index (χ0v) is 13.2. The molecule has 1 unspecified atom stereocenters. The SMILES string of the molecule is CCc1ccc(C(C)NC(=O)c2cc(C)nc(Cl)c2)cc1. The third-order valence-electron chi connectivity index (χ3n) is 3.42. The summed E-state index contributed by atoms with van der Waals surface area (Å²) >= 11 is 5.89. The summed E-state index contributed by atoms with van der Waals surface area (Å²) < 4.78 is 0. The molecule has 0 aliphatic rings. The summed E-state index contributed by atoms with van der Waals surface area (Å²) in [5.74, 6) is -0.144. The zero-order valence-electron chi connectivity index (χ0n) is 12.5. The molecule has 0 spiro atoms. The number of rotatable bonds is 4. The van der Waals surface area contributed by atoms with E-state index in [4.69, 9.17) is 11.6 Å². The molecule has 1 amide bonds. The van der Waals surface area contributed by atoms with Crippen LogP contribution in [-0.4, -0.2) is 10.9 Å². The minimum absolute atomic E-state index is 0.0596. The fourth-order valence-corrected chi connectivity index (χ4v) is 2.42. The maximum atomic E-state index is 12.3. The number of benzene rings is 1. The summed E-state index contributed by atoms with van der Waals surface area (Å²) in [4.78, 5) is 16.3. The highest BCUT2D eigenvalue weighted by Gasteiger charge is 2.12. The van der Waals surface area contributed by atoms with E-state index in [0.717, 1.165) is 17.7 Å². The molecular weight excluding hydrogens is 284 g/mol. The second-order valence-corrected chi connectivity index (χ2v) is 5.50. The Labute approximate surface area is 130 Å². The first-order valence-electron chi connectivity index (χ1n) is 7.03. The van der Waals surface area contributed by atoms with E-state index in [2.05, 4.69) is 41.5 Å². The van der Waals surface area contributed by atoms with E-state index in [1.54, 1.807) is 12.1 Å². The summed E-state index contributed by atoms with van der Waals surface area (Å²) in [5, 5.41) is 3.31. The number of pyridine rings is 1. The van der Waals surface area contributed by atoms with Crippen molar-refractivity contribution < 1.29 is 4.79 Å². The highest BCUT2D eigenvalue weighted by molar-refractivity contribution is 6.29. The molecule has 21 heavy (non-hydrogen) atoms. The first kappa shape index (κ1) is 15.5. The third kappa shape index (κ3) is 4.05. The molecule has 3 nitrogen and oxygen atoms in total. The van der Waals surface area contributed by atoms with Gasteiger partial charge >= 0.3 is 0 Å². The maximum Gasteiger partial charge on any atom is 0.251 e. The molecule has 110 valence electrons. The number of aryl methyl sites for hydroxylation is 2. The van der Waals surface area contributed by atoms with Crippen molar-refractivity contribution in [1.82, 2.24) is 10.3 Å². The molecule has 0 radical (unpaired) electrons. The van der Waals surface area contributed by atoms with Crippen LogP contribution in [-0.2, 0) is 6.42 Å². The van der Waals surface area contributed by atoms with Gasteiger partial charge in [0, 0.05) is 11.3 Å². The Balaban J connectivity index is 2.10. The normalized spacial score (nSPS) is 12.0. The second-order valence-electron chi connectivity index (χ2n) is 5.11. The van der Waals surface area contributed by atoms with Crippen molar-refractivity contribution in [3.8, 4) is 0 Å². The van der Waals surface area contributed by atoms with Crippen LogP contribution in [0.1, 0.15) is 47.1 Å². The summed E-state index contributed by atoms with van der Waals surface area (Å²) in [5.41, 5.74) is 3.63. The van der Waals surface area contributed by atoms with Gasteiger partial charge in [0.1, 0.15) is 5.15 Å². The van der Waals surface area contributed by atoms with Gasteiger partial charge in [-0.1, -0.05) is 42.8 Å². The van der Waals surface area contributed by atoms with Crippen LogP contribution in [0.4, 0.5) is 0 Å². The average Bonchev–Trinajstić information content (AvgIpc) is 2.46. The van der Waals surface area contributed by atoms with Crippen molar-refractivity contribution in [2.24, 2.45) is 0 Å². The lowest BCUT2D eigenvalue weighted by atomic mass is 10.0. The molecule has 1 heterocycles. The van der Waals surface area contributed by atoms with Gasteiger partial charge in [-0.05, 0) is 43.5 Å². The Kier molecular flexibility index (Phi) is 4.97. The van der Waals surface area contributed by atoms with Crippen molar-refractivity contribution in [1.29, 1.82) is 0 Å². The highest BCUT2D eigenvalue weighted by atomic mass is 35.5. The second kappa shape index (κ2) is 6.72. The van der Waals surface area contributed by atoms with E-state index < -0.39 is 0 Å². The van der Waals surface area contributed by atoms with Crippen molar-refractivity contribution in [3.63, 3.8) is 0 Å². The molecule has 4 heteroatoms. The van der Waals surface area contributed by atoms with Gasteiger partial charge in [-0.15, -0.1) is 0 Å². The number of halogens is 1. The molecule has 2 aromatic rings. The largest absolute Gasteiger partial charge is 0.346 e. The van der Waals surface area contributed by atoms with Gasteiger partial charge in [0.2, 0.25) is 0 Å². The topological polar surface area (TPSA) is 42.0 Å². The van der Waals surface area contributed by atoms with Gasteiger partial charge in [-0.3, -0.25) is 4.79 Å². The summed E-state index contributed by atoms with van der Waals surface area (Å²) in [7, 11) is 0. The number of nitrogens with zero attached hydrogens (tertiary/aromatic N) is 1. The Morgan fingerprint density at radius 1 is 1.29 bits per heavy atom. The van der Waals surface area contributed by atoms with E-state index in [-0.39, 0.29) is 11.9 Å². The quantitative estimate of drug-likeness (QED) is 0.864. The molecular formula is C17H19ClN2O. The monoisotopic (exact) mass is 302 g/mol. The van der Waals surface area contributed by atoms with Gasteiger partial charge < -0.3 is 5.32 Å². The van der Waals surface area contributed by atoms with E-state index in [1.165, 1.54) is 5.56 Å². The van der Waals surface area contributed by atoms with E-state index in [9.17, 15) is 4.79 Å². The van der Waals surface area contributed by atoms with E-state index in [1.807, 2.05) is 13.8 Å². The average molecular weight is 303 g/mol. The van der Waals surface area contributed by atoms with Crippen LogP contribution in [0.3, 0.4) is 0 Å². The molecule has 0 fully saturated rings. The standard InChI is InChI=1S/C17H19ClN2O/c1-4-13-5-7-14(8-6-13)12(3)20-17(21)15-9-11(2)19-16(18)10-15/h5-10,12H,4H2,1-3H3,(H,20,21). The summed E-state index contributed by atoms with van der Waals surface area (Å²) in [6.07, 6.45) is 1.01. The number of hydrogen-bond acceptors (Lipinski definition) is 2. The third-order valence-corrected chi connectivity index (χ3v) is 3.61. The Hall–Kier alpha value is -1.87. The number of hydrogen-bond donors (Lipinski definition) is 1. The molecule has 1 aromatic heterocycles. The van der Waals surface area contributed by atoms with Gasteiger partial charge in [0.05, 0.1) is 6.04 Å². The number of aromatic nitrogens is 1. The molecule has 0 aliphatic heterocycles. The van der Waals surface area contributed by atoms with Crippen molar-refractivity contribution in [2.75, 3.05) is 0 Å². The molecule has 0 saturated heterocycles. The van der Waals surface area contributed by atoms with Crippen molar-refractivity contribution >= 4 is 17.5 Å². The van der Waals surface area contributed by atoms with E-state index >= 15 is 0 Å². The molecule has 0 aliphatic carbocycles. The smallest absolute Gasteiger partial charge is 0.251 e. The molecule has 0 saturated carbocycles. The first-order valence-corrected chi connectivity index (χ1v) is 7.41. The van der Waals surface area contributed by atoms with Crippen molar-refractivity contribution in [2.45, 2.75) is 33.2 Å². The van der Waals surface area contributed by atoms with Gasteiger partial charge in [0.25, 0.3) is 5.91 Å². The van der Waals surface area contributed by atoms with E-state index in [0.29, 0.717) is 10.7 Å². The molecule has 1 N–H and O–H groups in total. The zero-order chi connectivity index (χ0) is 15.4. The van der Waals surface area contributed by atoms with Crippen LogP contribution in [0.2, 0.25) is 5.15 Å². The minimum Gasteiger partial charge on any atom is -0.346 e. The van der Waals surface area contributed by atoms with Crippen LogP contribution in [0.5, 0.6) is 0 Å². The van der Waals surface area contributed by atoms with Crippen LogP contribution < -0.4 is 5.32 Å². The van der Waals surface area contributed by atoms with Crippen LogP contribution in [0, 0.1) is 6.92 Å². The predicted octanol–water partition coefficient (Wildman–Crippen LogP) is 4.10. The fraction of sp³-hybridized carbons (Fsp3) is 0.294. The summed E-state index contributed by atoms with van der Waals surface area (Å²) in [6, 6.07) is 11.5. The molecule has 2 rings (SSSR count). The van der Waals surface area contributed by atoms with Crippen LogP contribution in [0.25, 0.3) is 0 Å². The lowest BCUT2D eigenvalue weighted by Gasteiger charge is -2.15. The fourth-order valence-electron chi connectivity index (χ4n) is 2.16. The first-order chi connectivity index (χ1) is 9.99. The number of carbonyl (C=O) groups is 1. The molecule has 1 aromatic carbocycles. The lowest BCUT2D eigenvalue weighted by Crippen LogP contribution is -2.26.